The van der Waals surface area contributed by atoms with Gasteiger partial charge in [0, 0.05) is 23.7 Å². The summed E-state index contributed by atoms with van der Waals surface area (Å²) >= 11 is 1.67. The molecule has 2 heterocycles. The van der Waals surface area contributed by atoms with E-state index in [2.05, 4.69) is 23.0 Å². The quantitative estimate of drug-likeness (QED) is 0.914. The van der Waals surface area contributed by atoms with Gasteiger partial charge in [-0.1, -0.05) is 13.3 Å². The first-order valence-electron chi connectivity index (χ1n) is 6.44. The smallest absolute Gasteiger partial charge is 0.173 e. The van der Waals surface area contributed by atoms with Gasteiger partial charge >= 0.3 is 0 Å². The Morgan fingerprint density at radius 3 is 3.06 bits per heavy atom. The van der Waals surface area contributed by atoms with Crippen molar-refractivity contribution in [2.45, 2.75) is 38.5 Å². The van der Waals surface area contributed by atoms with E-state index in [1.807, 2.05) is 6.20 Å². The lowest BCUT2D eigenvalue weighted by atomic mass is 10.0. The molecule has 0 aliphatic heterocycles. The third-order valence-electron chi connectivity index (χ3n) is 3.47. The summed E-state index contributed by atoms with van der Waals surface area (Å²) in [5.74, 6) is 1.65. The van der Waals surface area contributed by atoms with Crippen molar-refractivity contribution < 1.29 is 4.79 Å². The lowest BCUT2D eigenvalue weighted by Crippen LogP contribution is -2.01. The molecule has 3 rings (SSSR count). The van der Waals surface area contributed by atoms with Gasteiger partial charge in [-0.05, 0) is 24.5 Å². The molecule has 18 heavy (non-hydrogen) atoms. The first-order chi connectivity index (χ1) is 8.79. The zero-order valence-corrected chi connectivity index (χ0v) is 11.2. The van der Waals surface area contributed by atoms with Crippen molar-refractivity contribution in [2.75, 3.05) is 0 Å². The maximum absolute atomic E-state index is 11.7. The monoisotopic (exact) mass is 260 g/mol. The number of aryl methyl sites for hydroxylation is 1. The summed E-state index contributed by atoms with van der Waals surface area (Å²) in [4.78, 5) is 21.6. The van der Waals surface area contributed by atoms with Crippen LogP contribution in [0.15, 0.2) is 18.5 Å². The van der Waals surface area contributed by atoms with E-state index in [9.17, 15) is 4.79 Å². The third-order valence-corrected chi connectivity index (χ3v) is 4.80. The normalized spacial score (nSPS) is 15.9. The number of ketones is 1. The fraction of sp³-hybridized carbons (Fsp3) is 0.429. The molecule has 2 aromatic rings. The molecule has 94 valence electrons. The van der Waals surface area contributed by atoms with Gasteiger partial charge in [-0.25, -0.2) is 4.98 Å². The average molecular weight is 260 g/mol. The molecule has 0 aromatic carbocycles. The van der Waals surface area contributed by atoms with E-state index in [1.54, 1.807) is 17.5 Å². The second-order valence-corrected chi connectivity index (χ2v) is 5.83. The van der Waals surface area contributed by atoms with Gasteiger partial charge in [-0.2, -0.15) is 0 Å². The molecule has 1 aliphatic carbocycles. The first-order valence-corrected chi connectivity index (χ1v) is 7.26. The van der Waals surface area contributed by atoms with E-state index in [0.717, 1.165) is 30.0 Å². The molecular formula is C14H16N2OS. The molecule has 4 heteroatoms. The Balaban J connectivity index is 1.96. The fourth-order valence-corrected chi connectivity index (χ4v) is 3.89. The van der Waals surface area contributed by atoms with E-state index in [0.29, 0.717) is 18.1 Å². The van der Waals surface area contributed by atoms with Crippen molar-refractivity contribution in [3.8, 4) is 0 Å². The molecule has 0 amide bonds. The van der Waals surface area contributed by atoms with Gasteiger partial charge in [0.15, 0.2) is 5.78 Å². The van der Waals surface area contributed by atoms with Crippen LogP contribution in [-0.2, 0) is 6.42 Å². The second-order valence-electron chi connectivity index (χ2n) is 4.74. The highest BCUT2D eigenvalue weighted by atomic mass is 32.1. The van der Waals surface area contributed by atoms with Crippen molar-refractivity contribution in [2.24, 2.45) is 0 Å². The lowest BCUT2D eigenvalue weighted by Gasteiger charge is -2.11. The van der Waals surface area contributed by atoms with Crippen LogP contribution in [0.5, 0.6) is 0 Å². The standard InChI is InChI=1S/C14H16N2OS/c1-2-3-10(14-15-6-7-16-14)12-8-9-4-5-11(17)13(9)18-12/h6-8,10H,2-5H2,1H3,(H,15,16). The minimum atomic E-state index is 0.313. The van der Waals surface area contributed by atoms with Crippen molar-refractivity contribution >= 4 is 17.1 Å². The molecule has 3 nitrogen and oxygen atoms in total. The highest BCUT2D eigenvalue weighted by Crippen LogP contribution is 2.38. The first kappa shape index (κ1) is 11.7. The molecule has 1 atom stereocenters. The SMILES string of the molecule is CCCC(c1ncc[nH]1)c1cc2c(s1)C(=O)CC2. The number of imidazole rings is 1. The summed E-state index contributed by atoms with van der Waals surface area (Å²) in [6, 6.07) is 2.22. The molecular weight excluding hydrogens is 244 g/mol. The van der Waals surface area contributed by atoms with Crippen LogP contribution in [0.25, 0.3) is 0 Å². The molecule has 0 saturated heterocycles. The van der Waals surface area contributed by atoms with E-state index in [1.165, 1.54) is 10.4 Å². The Morgan fingerprint density at radius 1 is 1.50 bits per heavy atom. The summed E-state index contributed by atoms with van der Waals surface area (Å²) < 4.78 is 0. The summed E-state index contributed by atoms with van der Waals surface area (Å²) in [5, 5.41) is 0. The molecule has 0 saturated carbocycles. The zero-order chi connectivity index (χ0) is 12.5. The van der Waals surface area contributed by atoms with E-state index in [4.69, 9.17) is 0 Å². The number of hydrogen-bond donors (Lipinski definition) is 1. The second kappa shape index (κ2) is 4.69. The number of H-pyrrole nitrogens is 1. The Hall–Kier alpha value is -1.42. The summed E-state index contributed by atoms with van der Waals surface area (Å²) in [6.45, 7) is 2.18. The number of nitrogens with one attached hydrogen (secondary N) is 1. The fourth-order valence-electron chi connectivity index (χ4n) is 2.58. The number of thiophene rings is 1. The van der Waals surface area contributed by atoms with E-state index in [-0.39, 0.29) is 0 Å². The van der Waals surface area contributed by atoms with Crippen LogP contribution in [0.3, 0.4) is 0 Å². The van der Waals surface area contributed by atoms with Crippen LogP contribution < -0.4 is 0 Å². The predicted molar refractivity (Wildman–Crippen MR) is 72.3 cm³/mol. The van der Waals surface area contributed by atoms with Crippen LogP contribution in [-0.4, -0.2) is 15.8 Å². The van der Waals surface area contributed by atoms with Crippen LogP contribution in [0.4, 0.5) is 0 Å². The molecule has 0 radical (unpaired) electrons. The Morgan fingerprint density at radius 2 is 2.39 bits per heavy atom. The van der Waals surface area contributed by atoms with Crippen LogP contribution in [0, 0.1) is 0 Å². The molecule has 0 spiro atoms. The van der Waals surface area contributed by atoms with Crippen LogP contribution in [0.1, 0.15) is 58.0 Å². The maximum Gasteiger partial charge on any atom is 0.173 e. The Labute approximate surface area is 110 Å². The van der Waals surface area contributed by atoms with Gasteiger partial charge in [-0.15, -0.1) is 11.3 Å². The minimum Gasteiger partial charge on any atom is -0.348 e. The molecule has 1 aliphatic rings. The number of carbonyl (C=O) groups excluding carboxylic acids is 1. The Kier molecular flexibility index (Phi) is 3.04. The highest BCUT2D eigenvalue weighted by Gasteiger charge is 2.26. The zero-order valence-electron chi connectivity index (χ0n) is 10.4. The number of Topliss-reactive ketones (excluding diaryl/α,β-unsaturated/α-hetero) is 1. The maximum atomic E-state index is 11.7. The number of rotatable bonds is 4. The summed E-state index contributed by atoms with van der Waals surface area (Å²) in [7, 11) is 0. The highest BCUT2D eigenvalue weighted by molar-refractivity contribution is 7.14. The number of aromatic nitrogens is 2. The van der Waals surface area contributed by atoms with Gasteiger partial charge < -0.3 is 4.98 Å². The van der Waals surface area contributed by atoms with Gasteiger partial charge in [0.2, 0.25) is 0 Å². The van der Waals surface area contributed by atoms with E-state index >= 15 is 0 Å². The van der Waals surface area contributed by atoms with Gasteiger partial charge in [0.1, 0.15) is 5.82 Å². The predicted octanol–water partition coefficient (Wildman–Crippen LogP) is 3.53. The number of carbonyl (C=O) groups is 1. The third kappa shape index (κ3) is 1.90. The molecule has 1 unspecified atom stereocenters. The summed E-state index contributed by atoms with van der Waals surface area (Å²) in [5.41, 5.74) is 1.24. The van der Waals surface area contributed by atoms with Crippen molar-refractivity contribution in [1.29, 1.82) is 0 Å². The molecule has 0 bridgehead atoms. The summed E-state index contributed by atoms with van der Waals surface area (Å²) in [6.07, 6.45) is 7.46. The van der Waals surface area contributed by atoms with Crippen molar-refractivity contribution in [3.63, 3.8) is 0 Å². The van der Waals surface area contributed by atoms with Crippen molar-refractivity contribution in [1.82, 2.24) is 9.97 Å². The van der Waals surface area contributed by atoms with E-state index < -0.39 is 0 Å². The molecule has 0 fully saturated rings. The number of aromatic amines is 1. The van der Waals surface area contributed by atoms with Gasteiger partial charge in [0.05, 0.1) is 10.8 Å². The van der Waals surface area contributed by atoms with Gasteiger partial charge in [0.25, 0.3) is 0 Å². The van der Waals surface area contributed by atoms with Crippen LogP contribution in [0.2, 0.25) is 0 Å². The largest absolute Gasteiger partial charge is 0.348 e. The number of fused-ring (bicyclic) bond motifs is 1. The molecule has 2 aromatic heterocycles. The minimum absolute atomic E-state index is 0.313. The Bertz CT molecular complexity index is 556. The molecule has 1 N–H and O–H groups in total. The van der Waals surface area contributed by atoms with Crippen molar-refractivity contribution in [3.05, 3.63) is 39.6 Å². The topological polar surface area (TPSA) is 45.8 Å². The average Bonchev–Trinajstić information content (AvgIpc) is 3.05. The van der Waals surface area contributed by atoms with Crippen LogP contribution >= 0.6 is 11.3 Å². The number of hydrogen-bond acceptors (Lipinski definition) is 3. The van der Waals surface area contributed by atoms with Gasteiger partial charge in [-0.3, -0.25) is 4.79 Å². The number of nitrogens with zero attached hydrogens (tertiary/aromatic N) is 1. The lowest BCUT2D eigenvalue weighted by molar-refractivity contribution is 0.0998.